The van der Waals surface area contributed by atoms with Crippen molar-refractivity contribution in [3.05, 3.63) is 58.2 Å². The van der Waals surface area contributed by atoms with Gasteiger partial charge in [-0.15, -0.1) is 0 Å². The second-order valence-corrected chi connectivity index (χ2v) is 12.3. The Morgan fingerprint density at radius 3 is 2.56 bits per heavy atom. The third-order valence-electron chi connectivity index (χ3n) is 8.20. The summed E-state index contributed by atoms with van der Waals surface area (Å²) in [6.07, 6.45) is 1.46. The number of pyridine rings is 1. The van der Waals surface area contributed by atoms with Crippen molar-refractivity contribution in [2.24, 2.45) is 5.41 Å². The number of nitrogens with zero attached hydrogens (tertiary/aromatic N) is 7. The van der Waals surface area contributed by atoms with E-state index >= 15 is 0 Å². The number of hydrogen-bond acceptors (Lipinski definition) is 9. The number of carbonyl (C=O) groups excluding carboxylic acids is 1. The lowest BCUT2D eigenvalue weighted by molar-refractivity contribution is -0.156. The Kier molecular flexibility index (Phi) is 6.72. The number of thiazole rings is 1. The summed E-state index contributed by atoms with van der Waals surface area (Å²) in [5.74, 6) is -0.402. The molecule has 1 atom stereocenters. The van der Waals surface area contributed by atoms with Crippen LogP contribution in [0.2, 0.25) is 0 Å². The van der Waals surface area contributed by atoms with Crippen LogP contribution in [-0.2, 0) is 11.2 Å². The summed E-state index contributed by atoms with van der Waals surface area (Å²) in [6.45, 7) is 8.48. The van der Waals surface area contributed by atoms with Crippen LogP contribution in [0.15, 0.2) is 36.5 Å². The van der Waals surface area contributed by atoms with Crippen molar-refractivity contribution in [2.45, 2.75) is 33.3 Å². The summed E-state index contributed by atoms with van der Waals surface area (Å²) in [5, 5.41) is 34.3. The molecule has 11 heteroatoms. The topological polar surface area (TPSA) is 121 Å². The molecular weight excluding hydrogens is 538 g/mol. The molecule has 2 aliphatic heterocycles. The van der Waals surface area contributed by atoms with Crippen molar-refractivity contribution in [1.82, 2.24) is 19.5 Å². The first-order valence-corrected chi connectivity index (χ1v) is 14.5. The Balaban J connectivity index is 1.29. The van der Waals surface area contributed by atoms with Gasteiger partial charge in [-0.1, -0.05) is 48.1 Å². The average molecular weight is 572 g/mol. The van der Waals surface area contributed by atoms with Crippen LogP contribution < -0.4 is 9.80 Å². The summed E-state index contributed by atoms with van der Waals surface area (Å²) >= 11 is 1.38. The molecule has 10 nitrogen and oxygen atoms in total. The van der Waals surface area contributed by atoms with Crippen LogP contribution in [-0.4, -0.2) is 81.6 Å². The number of rotatable bonds is 7. The summed E-state index contributed by atoms with van der Waals surface area (Å²) in [7, 11) is 1.98. The molecule has 0 radical (unpaired) electrons. The van der Waals surface area contributed by atoms with E-state index in [1.165, 1.54) is 11.3 Å². The second-order valence-electron chi connectivity index (χ2n) is 11.3. The highest BCUT2D eigenvalue weighted by molar-refractivity contribution is 7.16. The van der Waals surface area contributed by atoms with E-state index in [1.807, 2.05) is 47.7 Å². The zero-order valence-electron chi connectivity index (χ0n) is 23.6. The average Bonchev–Trinajstić information content (AvgIpc) is 3.52. The predicted octanol–water partition coefficient (Wildman–Crippen LogP) is 3.28. The minimum absolute atomic E-state index is 0.0266. The Morgan fingerprint density at radius 2 is 1.93 bits per heavy atom. The third-order valence-corrected chi connectivity index (χ3v) is 9.24. The molecular formula is C30H33N7O3S. The zero-order valence-corrected chi connectivity index (χ0v) is 24.4. The van der Waals surface area contributed by atoms with Crippen molar-refractivity contribution in [3.8, 4) is 17.3 Å². The van der Waals surface area contributed by atoms with Gasteiger partial charge in [0.1, 0.15) is 16.6 Å². The molecule has 0 aliphatic carbocycles. The Hall–Kier alpha value is -3.98. The van der Waals surface area contributed by atoms with E-state index in [4.69, 9.17) is 15.2 Å². The molecule has 5 heterocycles. The van der Waals surface area contributed by atoms with E-state index in [2.05, 4.69) is 37.1 Å². The molecule has 2 N–H and O–H groups in total. The molecule has 2 aliphatic rings. The maximum Gasteiger partial charge on any atom is 0.253 e. The highest BCUT2D eigenvalue weighted by Gasteiger charge is 2.54. The molecule has 2 saturated heterocycles. The molecule has 4 aromatic rings. The number of fused-ring (bicyclic) bond motifs is 1. The number of carbonyl (C=O) groups is 1. The number of aromatic nitrogens is 3. The molecule has 0 bridgehead atoms. The number of nitriles is 1. The van der Waals surface area contributed by atoms with Gasteiger partial charge in [-0.3, -0.25) is 4.79 Å². The molecule has 1 amide bonds. The summed E-state index contributed by atoms with van der Waals surface area (Å²) in [5.41, 5.74) is 7.91. The molecule has 1 aromatic carbocycles. The standard InChI is InChI=1S/C30H33N7O3S/c1-5-21-27(34(4)29-32-26(25(11-31)41-29)20-8-6-18(2)7-9-20)23-10-22(19(3)12-37(23)33-21)35-14-30(15-35)16-36(17-30)28(40)24(39)13-38/h6-10,12,24,38-39H,5,13-17H2,1-4H3. The van der Waals surface area contributed by atoms with E-state index in [0.717, 1.165) is 63.9 Å². The fourth-order valence-electron chi connectivity index (χ4n) is 6.03. The molecule has 0 saturated carbocycles. The Morgan fingerprint density at radius 1 is 1.22 bits per heavy atom. The first kappa shape index (κ1) is 27.2. The van der Waals surface area contributed by atoms with E-state index in [-0.39, 0.29) is 5.41 Å². The van der Waals surface area contributed by atoms with Gasteiger partial charge in [-0.25, -0.2) is 9.50 Å². The van der Waals surface area contributed by atoms with Crippen molar-refractivity contribution < 1.29 is 15.0 Å². The van der Waals surface area contributed by atoms with Crippen LogP contribution in [0.5, 0.6) is 0 Å². The molecule has 3 aromatic heterocycles. The van der Waals surface area contributed by atoms with Crippen LogP contribution in [0.1, 0.15) is 28.6 Å². The van der Waals surface area contributed by atoms with Crippen molar-refractivity contribution in [3.63, 3.8) is 0 Å². The second kappa shape index (κ2) is 10.1. The summed E-state index contributed by atoms with van der Waals surface area (Å²) < 4.78 is 1.93. The van der Waals surface area contributed by atoms with Crippen LogP contribution in [0.3, 0.4) is 0 Å². The number of anilines is 3. The number of benzene rings is 1. The van der Waals surface area contributed by atoms with Gasteiger partial charge < -0.3 is 24.9 Å². The molecule has 212 valence electrons. The largest absolute Gasteiger partial charge is 0.393 e. The van der Waals surface area contributed by atoms with Crippen LogP contribution in [0.4, 0.5) is 16.5 Å². The van der Waals surface area contributed by atoms with Gasteiger partial charge >= 0.3 is 0 Å². The highest BCUT2D eigenvalue weighted by Crippen LogP contribution is 2.44. The molecule has 2 fully saturated rings. The maximum absolute atomic E-state index is 12.2. The quantitative estimate of drug-likeness (QED) is 0.347. The number of amides is 1. The minimum Gasteiger partial charge on any atom is -0.393 e. The lowest BCUT2D eigenvalue weighted by atomic mass is 9.72. The van der Waals surface area contributed by atoms with Crippen LogP contribution >= 0.6 is 11.3 Å². The number of likely N-dealkylation sites (tertiary alicyclic amines) is 1. The van der Waals surface area contributed by atoms with E-state index in [1.54, 1.807) is 4.90 Å². The number of hydrogen-bond donors (Lipinski definition) is 2. The normalized spacial score (nSPS) is 16.4. The monoisotopic (exact) mass is 571 g/mol. The number of aliphatic hydroxyl groups is 2. The van der Waals surface area contributed by atoms with Crippen LogP contribution in [0, 0.1) is 30.6 Å². The first-order valence-electron chi connectivity index (χ1n) is 13.7. The fraction of sp³-hybridized carbons (Fsp3) is 0.400. The molecule has 41 heavy (non-hydrogen) atoms. The van der Waals surface area contributed by atoms with Gasteiger partial charge in [0.25, 0.3) is 5.91 Å². The van der Waals surface area contributed by atoms with Crippen molar-refractivity contribution in [2.75, 3.05) is 49.6 Å². The van der Waals surface area contributed by atoms with Gasteiger partial charge in [0.15, 0.2) is 11.2 Å². The van der Waals surface area contributed by atoms with Gasteiger partial charge in [0.2, 0.25) is 0 Å². The van der Waals surface area contributed by atoms with E-state index in [0.29, 0.717) is 23.7 Å². The Labute approximate surface area is 242 Å². The highest BCUT2D eigenvalue weighted by atomic mass is 32.1. The molecule has 1 unspecified atom stereocenters. The maximum atomic E-state index is 12.2. The van der Waals surface area contributed by atoms with Gasteiger partial charge in [-0.05, 0) is 31.9 Å². The summed E-state index contributed by atoms with van der Waals surface area (Å²) in [6, 6.07) is 12.6. The smallest absolute Gasteiger partial charge is 0.253 e. The first-order chi connectivity index (χ1) is 19.7. The SMILES string of the molecule is CCc1nn2cc(C)c(N3CC4(CN(C(=O)C(O)CO)C4)C3)cc2c1N(C)c1nc(-c2ccc(C)cc2)c(C#N)s1. The Bertz CT molecular complexity index is 1670. The minimum atomic E-state index is -1.34. The lowest BCUT2D eigenvalue weighted by Gasteiger charge is -2.61. The fourth-order valence-corrected chi connectivity index (χ4v) is 6.88. The van der Waals surface area contributed by atoms with Crippen LogP contribution in [0.25, 0.3) is 16.8 Å². The molecule has 6 rings (SSSR count). The number of aryl methyl sites for hydroxylation is 3. The van der Waals surface area contributed by atoms with Gasteiger partial charge in [-0.2, -0.15) is 10.4 Å². The van der Waals surface area contributed by atoms with E-state index in [9.17, 15) is 15.2 Å². The summed E-state index contributed by atoms with van der Waals surface area (Å²) in [4.78, 5) is 23.7. The zero-order chi connectivity index (χ0) is 29.1. The third kappa shape index (κ3) is 4.52. The van der Waals surface area contributed by atoms with Crippen molar-refractivity contribution in [1.29, 1.82) is 5.26 Å². The van der Waals surface area contributed by atoms with Gasteiger partial charge in [0, 0.05) is 56.1 Å². The number of aliphatic hydroxyl groups excluding tert-OH is 2. The lowest BCUT2D eigenvalue weighted by Crippen LogP contribution is -2.74. The predicted molar refractivity (Wildman–Crippen MR) is 159 cm³/mol. The molecule has 1 spiro atoms. The van der Waals surface area contributed by atoms with E-state index < -0.39 is 18.6 Å². The van der Waals surface area contributed by atoms with Crippen molar-refractivity contribution >= 4 is 39.3 Å². The van der Waals surface area contributed by atoms with Gasteiger partial charge in [0.05, 0.1) is 23.5 Å².